The Bertz CT molecular complexity index is 471. The van der Waals surface area contributed by atoms with Gasteiger partial charge >= 0.3 is 0 Å². The highest BCUT2D eigenvalue weighted by atomic mass is 16.5. The lowest BCUT2D eigenvalue weighted by molar-refractivity contribution is 0.185. The highest BCUT2D eigenvalue weighted by Gasteiger charge is 1.98. The predicted molar refractivity (Wildman–Crippen MR) is 71.2 cm³/mol. The third-order valence-corrected chi connectivity index (χ3v) is 2.85. The van der Waals surface area contributed by atoms with Gasteiger partial charge in [0.2, 0.25) is 0 Å². The minimum absolute atomic E-state index is 0.0719. The third kappa shape index (κ3) is 3.42. The zero-order chi connectivity index (χ0) is 12.8. The minimum Gasteiger partial charge on any atom is -0.392 e. The monoisotopic (exact) mass is 241 g/mol. The van der Waals surface area contributed by atoms with E-state index in [0.29, 0.717) is 6.61 Å². The van der Waals surface area contributed by atoms with Crippen molar-refractivity contribution in [3.05, 3.63) is 70.8 Å². The lowest BCUT2D eigenvalue weighted by Gasteiger charge is -2.04. The molecular weight excluding hydrogens is 224 g/mol. The predicted octanol–water partition coefficient (Wildman–Crippen LogP) is 2.72. The van der Waals surface area contributed by atoms with Crippen molar-refractivity contribution in [1.29, 1.82) is 0 Å². The summed E-state index contributed by atoms with van der Waals surface area (Å²) in [4.78, 5) is 0. The van der Waals surface area contributed by atoms with Crippen molar-refractivity contribution in [1.82, 2.24) is 0 Å². The van der Waals surface area contributed by atoms with Gasteiger partial charge in [-0.1, -0.05) is 36.4 Å². The van der Waals surface area contributed by atoms with Crippen molar-refractivity contribution in [3.63, 3.8) is 0 Å². The largest absolute Gasteiger partial charge is 0.392 e. The van der Waals surface area contributed by atoms with E-state index in [1.165, 1.54) is 11.1 Å². The molecule has 0 bridgehead atoms. The maximum Gasteiger partial charge on any atom is 0.0713 e. The van der Waals surface area contributed by atoms with Gasteiger partial charge in [-0.15, -0.1) is 0 Å². The van der Waals surface area contributed by atoms with Crippen molar-refractivity contribution in [2.24, 2.45) is 0 Å². The van der Waals surface area contributed by atoms with Crippen LogP contribution in [0, 0.1) is 6.07 Å². The van der Waals surface area contributed by atoms with Crippen LogP contribution in [-0.4, -0.2) is 12.2 Å². The van der Waals surface area contributed by atoms with Gasteiger partial charge in [-0.25, -0.2) is 0 Å². The molecule has 0 heterocycles. The van der Waals surface area contributed by atoms with E-state index < -0.39 is 0 Å². The molecule has 18 heavy (non-hydrogen) atoms. The number of benzene rings is 2. The molecule has 0 saturated carbocycles. The first kappa shape index (κ1) is 12.8. The van der Waals surface area contributed by atoms with Gasteiger partial charge in [-0.3, -0.25) is 0 Å². The van der Waals surface area contributed by atoms with Gasteiger partial charge in [-0.2, -0.15) is 0 Å². The molecule has 0 aromatic heterocycles. The van der Waals surface area contributed by atoms with Crippen molar-refractivity contribution in [2.75, 3.05) is 7.11 Å². The number of rotatable bonds is 5. The van der Waals surface area contributed by atoms with Crippen LogP contribution in [0.15, 0.2) is 42.5 Å². The number of aliphatic hydroxyl groups is 1. The van der Waals surface area contributed by atoms with Crippen LogP contribution < -0.4 is 0 Å². The Morgan fingerprint density at radius 3 is 2.22 bits per heavy atom. The summed E-state index contributed by atoms with van der Waals surface area (Å²) in [6.07, 6.45) is 0.860. The topological polar surface area (TPSA) is 29.5 Å². The second-order valence-corrected chi connectivity index (χ2v) is 4.31. The molecule has 0 atom stereocenters. The Kier molecular flexibility index (Phi) is 4.51. The van der Waals surface area contributed by atoms with E-state index in [1.807, 2.05) is 18.2 Å². The van der Waals surface area contributed by atoms with Crippen molar-refractivity contribution < 1.29 is 9.84 Å². The van der Waals surface area contributed by atoms with Gasteiger partial charge in [0.15, 0.2) is 0 Å². The van der Waals surface area contributed by atoms with Crippen LogP contribution in [0.2, 0.25) is 0 Å². The van der Waals surface area contributed by atoms with Crippen molar-refractivity contribution in [3.8, 4) is 0 Å². The summed E-state index contributed by atoms with van der Waals surface area (Å²) in [5.41, 5.74) is 4.46. The molecular formula is C16H17O2. The number of ether oxygens (including phenoxy) is 1. The maximum absolute atomic E-state index is 8.97. The number of methoxy groups -OCH3 is 1. The summed E-state index contributed by atoms with van der Waals surface area (Å²) in [5, 5.41) is 8.97. The first-order valence-corrected chi connectivity index (χ1v) is 5.99. The molecule has 0 fully saturated rings. The molecule has 2 rings (SSSR count). The fourth-order valence-corrected chi connectivity index (χ4v) is 1.84. The molecule has 0 amide bonds. The second-order valence-electron chi connectivity index (χ2n) is 4.31. The molecule has 2 heteroatoms. The van der Waals surface area contributed by atoms with Crippen LogP contribution in [0.4, 0.5) is 0 Å². The molecule has 0 saturated heterocycles. The van der Waals surface area contributed by atoms with E-state index >= 15 is 0 Å². The summed E-state index contributed by atoms with van der Waals surface area (Å²) in [7, 11) is 1.70. The smallest absolute Gasteiger partial charge is 0.0713 e. The summed E-state index contributed by atoms with van der Waals surface area (Å²) in [5.74, 6) is 0. The summed E-state index contributed by atoms with van der Waals surface area (Å²) in [6, 6.07) is 17.4. The lowest BCUT2D eigenvalue weighted by Crippen LogP contribution is -1.92. The fourth-order valence-electron chi connectivity index (χ4n) is 1.84. The molecule has 0 spiro atoms. The highest BCUT2D eigenvalue weighted by Crippen LogP contribution is 2.12. The number of hydrogen-bond donors (Lipinski definition) is 1. The van der Waals surface area contributed by atoms with Crippen LogP contribution in [-0.2, 0) is 24.4 Å². The van der Waals surface area contributed by atoms with E-state index in [-0.39, 0.29) is 6.61 Å². The Morgan fingerprint density at radius 1 is 1.00 bits per heavy atom. The first-order chi connectivity index (χ1) is 8.81. The molecule has 0 aliphatic rings. The van der Waals surface area contributed by atoms with E-state index in [4.69, 9.17) is 9.84 Å². The van der Waals surface area contributed by atoms with Gasteiger partial charge in [-0.05, 0) is 40.8 Å². The molecule has 0 aliphatic heterocycles. The van der Waals surface area contributed by atoms with Gasteiger partial charge in [0, 0.05) is 7.11 Å². The van der Waals surface area contributed by atoms with Crippen LogP contribution >= 0.6 is 0 Å². The quantitative estimate of drug-likeness (QED) is 0.872. The Balaban J connectivity index is 2.03. The average Bonchev–Trinajstić information content (AvgIpc) is 2.42. The molecule has 2 aromatic carbocycles. The van der Waals surface area contributed by atoms with Gasteiger partial charge in [0.25, 0.3) is 0 Å². The maximum atomic E-state index is 8.97. The normalized spacial score (nSPS) is 10.6. The van der Waals surface area contributed by atoms with Crippen LogP contribution in [0.5, 0.6) is 0 Å². The zero-order valence-corrected chi connectivity index (χ0v) is 10.5. The molecule has 0 aliphatic carbocycles. The Morgan fingerprint density at radius 2 is 1.67 bits per heavy atom. The Labute approximate surface area is 108 Å². The Hall–Kier alpha value is -1.64. The zero-order valence-electron chi connectivity index (χ0n) is 10.5. The molecule has 1 N–H and O–H groups in total. The molecule has 1 radical (unpaired) electrons. The average molecular weight is 241 g/mol. The number of hydrogen-bond acceptors (Lipinski definition) is 2. The summed E-state index contributed by atoms with van der Waals surface area (Å²) in [6.45, 7) is 0.722. The molecule has 0 unspecified atom stereocenters. The second kappa shape index (κ2) is 6.34. The van der Waals surface area contributed by atoms with Gasteiger partial charge in [0.1, 0.15) is 0 Å². The highest BCUT2D eigenvalue weighted by molar-refractivity contribution is 5.29. The van der Waals surface area contributed by atoms with Gasteiger partial charge in [0.05, 0.1) is 13.2 Å². The minimum atomic E-state index is 0.0719. The SMILES string of the molecule is COCc1ccc(Cc2[c]cc(CO)cc2)cc1. The van der Waals surface area contributed by atoms with Gasteiger partial charge < -0.3 is 9.84 Å². The molecule has 2 nitrogen and oxygen atoms in total. The van der Waals surface area contributed by atoms with E-state index in [1.54, 1.807) is 7.11 Å². The van der Waals surface area contributed by atoms with Crippen LogP contribution in [0.25, 0.3) is 0 Å². The number of aliphatic hydroxyl groups excluding tert-OH is 1. The van der Waals surface area contributed by atoms with Crippen LogP contribution in [0.1, 0.15) is 22.3 Å². The fraction of sp³-hybridized carbons (Fsp3) is 0.250. The molecule has 93 valence electrons. The first-order valence-electron chi connectivity index (χ1n) is 5.99. The van der Waals surface area contributed by atoms with E-state index in [0.717, 1.165) is 17.5 Å². The molecule has 2 aromatic rings. The lowest BCUT2D eigenvalue weighted by atomic mass is 10.0. The van der Waals surface area contributed by atoms with E-state index in [9.17, 15) is 0 Å². The van der Waals surface area contributed by atoms with E-state index in [2.05, 4.69) is 30.3 Å². The van der Waals surface area contributed by atoms with Crippen molar-refractivity contribution in [2.45, 2.75) is 19.6 Å². The van der Waals surface area contributed by atoms with Crippen LogP contribution in [0.3, 0.4) is 0 Å². The standard InChI is InChI=1S/C16H17O2/c1-18-12-16-8-4-14(5-9-16)10-13-2-6-15(11-17)7-3-13/h2,4-9,17H,10-12H2,1H3. The summed E-state index contributed by atoms with van der Waals surface area (Å²) >= 11 is 0. The summed E-state index contributed by atoms with van der Waals surface area (Å²) < 4.78 is 5.08. The van der Waals surface area contributed by atoms with Crippen molar-refractivity contribution >= 4 is 0 Å². The third-order valence-electron chi connectivity index (χ3n) is 2.85.